The molecule has 0 saturated carbocycles. The maximum atomic E-state index is 12.6. The van der Waals surface area contributed by atoms with Gasteiger partial charge in [0, 0.05) is 30.1 Å². The van der Waals surface area contributed by atoms with Crippen molar-refractivity contribution < 1.29 is 14.3 Å². The lowest BCUT2D eigenvalue weighted by molar-refractivity contribution is -0.117. The molecule has 148 valence electrons. The molecule has 0 bridgehead atoms. The second kappa shape index (κ2) is 8.10. The number of ether oxygens (including phenoxy) is 1. The van der Waals surface area contributed by atoms with Crippen molar-refractivity contribution in [2.24, 2.45) is 5.73 Å². The summed E-state index contributed by atoms with van der Waals surface area (Å²) in [5.41, 5.74) is 7.82. The van der Waals surface area contributed by atoms with Crippen molar-refractivity contribution in [3.63, 3.8) is 0 Å². The number of nitrogens with zero attached hydrogens (tertiary/aromatic N) is 2. The summed E-state index contributed by atoms with van der Waals surface area (Å²) in [5, 5.41) is 9.24. The van der Waals surface area contributed by atoms with Crippen molar-refractivity contribution in [3.05, 3.63) is 89.5 Å². The molecule has 30 heavy (non-hydrogen) atoms. The molecule has 1 atom stereocenters. The highest BCUT2D eigenvalue weighted by Crippen LogP contribution is 2.34. The largest absolute Gasteiger partial charge is 0.456 e. The Hall–Kier alpha value is -4.11. The van der Waals surface area contributed by atoms with Crippen LogP contribution >= 0.6 is 0 Å². The Bertz CT molecular complexity index is 1170. The second-order valence-electron chi connectivity index (χ2n) is 7.10. The molecule has 0 radical (unpaired) electrons. The number of carbonyl (C=O) groups is 2. The fourth-order valence-electron chi connectivity index (χ4n) is 3.61. The van der Waals surface area contributed by atoms with Gasteiger partial charge >= 0.3 is 0 Å². The van der Waals surface area contributed by atoms with E-state index in [2.05, 4.69) is 6.07 Å². The molecule has 1 fully saturated rings. The maximum absolute atomic E-state index is 12.6. The molecule has 0 spiro atoms. The van der Waals surface area contributed by atoms with E-state index in [9.17, 15) is 14.9 Å². The summed E-state index contributed by atoms with van der Waals surface area (Å²) in [4.78, 5) is 25.8. The number of para-hydroxylation sites is 1. The molecule has 1 heterocycles. The Balaban J connectivity index is 1.55. The topological polar surface area (TPSA) is 96.4 Å². The molecule has 0 aromatic heterocycles. The molecule has 3 aromatic rings. The molecular weight excluding hydrogens is 378 g/mol. The summed E-state index contributed by atoms with van der Waals surface area (Å²) in [5.74, 6) is 0.552. The highest BCUT2D eigenvalue weighted by atomic mass is 16.5. The first-order valence-electron chi connectivity index (χ1n) is 9.52. The molecule has 2 N–H and O–H groups in total. The summed E-state index contributed by atoms with van der Waals surface area (Å²) in [7, 11) is 0. The Labute approximate surface area is 174 Å². The van der Waals surface area contributed by atoms with Gasteiger partial charge in [0.05, 0.1) is 5.56 Å². The van der Waals surface area contributed by atoms with Crippen LogP contribution in [0.2, 0.25) is 0 Å². The third kappa shape index (κ3) is 3.87. The van der Waals surface area contributed by atoms with E-state index in [1.165, 1.54) is 0 Å². The van der Waals surface area contributed by atoms with Crippen LogP contribution in [0, 0.1) is 11.3 Å². The van der Waals surface area contributed by atoms with Crippen molar-refractivity contribution in [2.45, 2.75) is 12.3 Å². The van der Waals surface area contributed by atoms with Gasteiger partial charge in [-0.15, -0.1) is 0 Å². The molecule has 3 aromatic carbocycles. The van der Waals surface area contributed by atoms with Crippen LogP contribution in [0.1, 0.15) is 33.8 Å². The highest BCUT2D eigenvalue weighted by molar-refractivity contribution is 5.99. The maximum Gasteiger partial charge on any atom is 0.248 e. The quantitative estimate of drug-likeness (QED) is 0.704. The smallest absolute Gasteiger partial charge is 0.248 e. The van der Waals surface area contributed by atoms with Crippen LogP contribution in [-0.2, 0) is 4.79 Å². The van der Waals surface area contributed by atoms with E-state index in [1.807, 2.05) is 30.3 Å². The Morgan fingerprint density at radius 1 is 1.07 bits per heavy atom. The van der Waals surface area contributed by atoms with Crippen LogP contribution in [0.3, 0.4) is 0 Å². The van der Waals surface area contributed by atoms with Crippen molar-refractivity contribution in [1.82, 2.24) is 0 Å². The Morgan fingerprint density at radius 2 is 1.87 bits per heavy atom. The van der Waals surface area contributed by atoms with Crippen molar-refractivity contribution >= 4 is 17.5 Å². The van der Waals surface area contributed by atoms with E-state index in [1.54, 1.807) is 47.4 Å². The van der Waals surface area contributed by atoms with Crippen LogP contribution in [0.15, 0.2) is 72.8 Å². The average molecular weight is 397 g/mol. The lowest BCUT2D eigenvalue weighted by Crippen LogP contribution is -2.24. The fourth-order valence-corrected chi connectivity index (χ4v) is 3.61. The first-order valence-corrected chi connectivity index (χ1v) is 9.52. The third-order valence-corrected chi connectivity index (χ3v) is 5.13. The van der Waals surface area contributed by atoms with Crippen molar-refractivity contribution in [3.8, 4) is 17.6 Å². The Kier molecular flexibility index (Phi) is 5.19. The number of hydrogen-bond donors (Lipinski definition) is 1. The van der Waals surface area contributed by atoms with Crippen LogP contribution in [0.5, 0.6) is 11.5 Å². The minimum absolute atomic E-state index is 0.00973. The predicted octanol–water partition coefficient (Wildman–Crippen LogP) is 3.97. The minimum Gasteiger partial charge on any atom is -0.456 e. The molecule has 2 amide bonds. The van der Waals surface area contributed by atoms with Gasteiger partial charge < -0.3 is 15.4 Å². The molecule has 6 heteroatoms. The summed E-state index contributed by atoms with van der Waals surface area (Å²) in [6.07, 6.45) is 0.360. The number of hydrogen-bond acceptors (Lipinski definition) is 4. The van der Waals surface area contributed by atoms with Crippen LogP contribution in [0.25, 0.3) is 0 Å². The normalized spacial score (nSPS) is 15.6. The van der Waals surface area contributed by atoms with E-state index in [4.69, 9.17) is 10.5 Å². The molecule has 0 aliphatic carbocycles. The highest BCUT2D eigenvalue weighted by Gasteiger charge is 2.32. The predicted molar refractivity (Wildman–Crippen MR) is 112 cm³/mol. The zero-order chi connectivity index (χ0) is 21.1. The van der Waals surface area contributed by atoms with Gasteiger partial charge in [0.15, 0.2) is 0 Å². The van der Waals surface area contributed by atoms with Crippen LogP contribution < -0.4 is 15.4 Å². The van der Waals surface area contributed by atoms with Crippen LogP contribution in [-0.4, -0.2) is 18.4 Å². The van der Waals surface area contributed by atoms with E-state index in [0.717, 1.165) is 5.56 Å². The van der Waals surface area contributed by atoms with Crippen LogP contribution in [0.4, 0.5) is 5.69 Å². The molecule has 6 nitrogen and oxygen atoms in total. The lowest BCUT2D eigenvalue weighted by Gasteiger charge is -2.18. The van der Waals surface area contributed by atoms with Gasteiger partial charge in [0.25, 0.3) is 0 Å². The van der Waals surface area contributed by atoms with Gasteiger partial charge in [-0.1, -0.05) is 30.3 Å². The molecule has 1 aliphatic heterocycles. The van der Waals surface area contributed by atoms with E-state index in [-0.39, 0.29) is 11.8 Å². The zero-order valence-corrected chi connectivity index (χ0v) is 16.1. The second-order valence-corrected chi connectivity index (χ2v) is 7.10. The van der Waals surface area contributed by atoms with Gasteiger partial charge in [-0.05, 0) is 48.0 Å². The molecule has 0 unspecified atom stereocenters. The number of nitriles is 1. The molecular formula is C24H19N3O3. The first kappa shape index (κ1) is 19.2. The molecule has 1 aliphatic rings. The number of amides is 2. The van der Waals surface area contributed by atoms with E-state index in [0.29, 0.717) is 41.3 Å². The Morgan fingerprint density at radius 3 is 2.67 bits per heavy atom. The first-order chi connectivity index (χ1) is 14.5. The van der Waals surface area contributed by atoms with Gasteiger partial charge in [-0.25, -0.2) is 0 Å². The fraction of sp³-hybridized carbons (Fsp3) is 0.125. The number of benzene rings is 3. The molecule has 4 rings (SSSR count). The van der Waals surface area contributed by atoms with Gasteiger partial charge in [-0.2, -0.15) is 5.26 Å². The molecule has 1 saturated heterocycles. The van der Waals surface area contributed by atoms with E-state index >= 15 is 0 Å². The van der Waals surface area contributed by atoms with Crippen molar-refractivity contribution in [1.29, 1.82) is 5.26 Å². The van der Waals surface area contributed by atoms with E-state index < -0.39 is 5.91 Å². The number of rotatable bonds is 5. The number of primary amides is 1. The SMILES string of the molecule is N#Cc1ccccc1Oc1cccc([C@H]2CC(=O)N(c3cccc(C(N)=O)c3)C2)c1. The van der Waals surface area contributed by atoms with Crippen molar-refractivity contribution in [2.75, 3.05) is 11.4 Å². The average Bonchev–Trinajstić information content (AvgIpc) is 3.16. The number of carbonyl (C=O) groups excluding carboxylic acids is 2. The zero-order valence-electron chi connectivity index (χ0n) is 16.1. The monoisotopic (exact) mass is 397 g/mol. The third-order valence-electron chi connectivity index (χ3n) is 5.13. The number of nitrogens with two attached hydrogens (primary N) is 1. The number of anilines is 1. The summed E-state index contributed by atoms with van der Waals surface area (Å²) >= 11 is 0. The summed E-state index contributed by atoms with van der Waals surface area (Å²) < 4.78 is 5.91. The summed E-state index contributed by atoms with van der Waals surface area (Å²) in [6.45, 7) is 0.499. The van der Waals surface area contributed by atoms with Gasteiger partial charge in [0.1, 0.15) is 17.6 Å². The minimum atomic E-state index is -0.525. The van der Waals surface area contributed by atoms with Gasteiger partial charge in [-0.3, -0.25) is 9.59 Å². The standard InChI is InChI=1S/C24H19N3O3/c25-14-18-5-1-2-10-22(18)30-21-9-4-6-16(12-21)19-13-23(28)27(15-19)20-8-3-7-17(11-20)24(26)29/h1-12,19H,13,15H2,(H2,26,29)/t19-/m0/s1. The lowest BCUT2D eigenvalue weighted by atomic mass is 9.98. The van der Waals surface area contributed by atoms with Gasteiger partial charge in [0.2, 0.25) is 11.8 Å². The summed E-state index contributed by atoms with van der Waals surface area (Å²) in [6, 6.07) is 23.5.